The molecule has 5 heteroatoms. The summed E-state index contributed by atoms with van der Waals surface area (Å²) >= 11 is 0. The van der Waals surface area contributed by atoms with E-state index in [1.54, 1.807) is 24.3 Å². The van der Waals surface area contributed by atoms with Crippen LogP contribution in [0.15, 0.2) is 41.3 Å². The lowest BCUT2D eigenvalue weighted by Gasteiger charge is -2.13. The van der Waals surface area contributed by atoms with Gasteiger partial charge in [-0.3, -0.25) is 4.79 Å². The number of hydrogen-bond donors (Lipinski definition) is 1. The molecule has 1 N–H and O–H groups in total. The highest BCUT2D eigenvalue weighted by Gasteiger charge is 2.27. The van der Waals surface area contributed by atoms with Gasteiger partial charge in [0.15, 0.2) is 0 Å². The van der Waals surface area contributed by atoms with Gasteiger partial charge < -0.3 is 0 Å². The number of aldehydes is 1. The molecule has 108 valence electrons. The van der Waals surface area contributed by atoms with Gasteiger partial charge in [0.05, 0.1) is 4.90 Å². The minimum atomic E-state index is -3.45. The maximum absolute atomic E-state index is 12.2. The van der Waals surface area contributed by atoms with Crippen LogP contribution < -0.4 is 4.72 Å². The normalized spacial score (nSPS) is 23.2. The van der Waals surface area contributed by atoms with Crippen LogP contribution in [0.2, 0.25) is 0 Å². The van der Waals surface area contributed by atoms with Gasteiger partial charge in [-0.2, -0.15) is 0 Å². The lowest BCUT2D eigenvalue weighted by Crippen LogP contribution is -2.32. The van der Waals surface area contributed by atoms with E-state index in [1.165, 1.54) is 6.08 Å². The summed E-state index contributed by atoms with van der Waals surface area (Å²) in [6.45, 7) is 1.92. The summed E-state index contributed by atoms with van der Waals surface area (Å²) in [5.74, 6) is 0.283. The van der Waals surface area contributed by atoms with Gasteiger partial charge in [0.25, 0.3) is 0 Å². The van der Waals surface area contributed by atoms with E-state index in [1.807, 2.05) is 13.0 Å². The second-order valence-corrected chi connectivity index (χ2v) is 6.94. The average molecular weight is 293 g/mol. The second-order valence-electron chi connectivity index (χ2n) is 5.23. The molecule has 0 aliphatic heterocycles. The number of hydrogen-bond acceptors (Lipinski definition) is 3. The molecule has 0 amide bonds. The van der Waals surface area contributed by atoms with Crippen molar-refractivity contribution < 1.29 is 13.2 Å². The van der Waals surface area contributed by atoms with Gasteiger partial charge in [-0.1, -0.05) is 23.8 Å². The average Bonchev–Trinajstić information content (AvgIpc) is 2.83. The van der Waals surface area contributed by atoms with Crippen molar-refractivity contribution in [1.82, 2.24) is 4.72 Å². The summed E-state index contributed by atoms with van der Waals surface area (Å²) in [7, 11) is -3.45. The molecule has 4 nitrogen and oxygen atoms in total. The smallest absolute Gasteiger partial charge is 0.240 e. The van der Waals surface area contributed by atoms with Gasteiger partial charge in [-0.05, 0) is 50.3 Å². The molecule has 2 unspecified atom stereocenters. The van der Waals surface area contributed by atoms with Crippen molar-refractivity contribution >= 4 is 16.3 Å². The maximum Gasteiger partial charge on any atom is 0.240 e. The van der Waals surface area contributed by atoms with Crippen LogP contribution in [0.3, 0.4) is 0 Å². The molecule has 2 rings (SSSR count). The maximum atomic E-state index is 12.2. The molecular weight excluding hydrogens is 274 g/mol. The van der Waals surface area contributed by atoms with Gasteiger partial charge in [-0.25, -0.2) is 13.1 Å². The highest BCUT2D eigenvalue weighted by atomic mass is 32.2. The predicted octanol–water partition coefficient (Wildman–Crippen LogP) is 2.20. The fourth-order valence-corrected chi connectivity index (χ4v) is 3.79. The molecule has 1 aromatic carbocycles. The molecule has 0 heterocycles. The molecule has 1 aliphatic rings. The van der Waals surface area contributed by atoms with E-state index >= 15 is 0 Å². The van der Waals surface area contributed by atoms with Crippen LogP contribution in [0.25, 0.3) is 0 Å². The third kappa shape index (κ3) is 3.77. The van der Waals surface area contributed by atoms with Crippen molar-refractivity contribution in [3.63, 3.8) is 0 Å². The number of sulfonamides is 1. The number of nitrogens with one attached hydrogen (secondary N) is 1. The van der Waals surface area contributed by atoms with E-state index in [2.05, 4.69) is 4.72 Å². The quantitative estimate of drug-likeness (QED) is 0.668. The third-order valence-corrected chi connectivity index (χ3v) is 5.12. The SMILES string of the molecule is Cc1ccc(S(=O)(=O)NC2CCC(/C=C/C=O)C2)cc1. The Balaban J connectivity index is 2.01. The summed E-state index contributed by atoms with van der Waals surface area (Å²) in [5.41, 5.74) is 1.03. The number of aryl methyl sites for hydroxylation is 1. The zero-order chi connectivity index (χ0) is 14.6. The number of carbonyl (C=O) groups excluding carboxylic acids is 1. The molecular formula is C15H19NO3S. The Labute approximate surface area is 119 Å². The Morgan fingerprint density at radius 1 is 1.20 bits per heavy atom. The van der Waals surface area contributed by atoms with Crippen molar-refractivity contribution in [3.05, 3.63) is 42.0 Å². The minimum Gasteiger partial charge on any atom is -0.299 e. The predicted molar refractivity (Wildman–Crippen MR) is 77.8 cm³/mol. The van der Waals surface area contributed by atoms with Gasteiger partial charge in [-0.15, -0.1) is 0 Å². The fourth-order valence-electron chi connectivity index (χ4n) is 2.51. The Morgan fingerprint density at radius 2 is 1.90 bits per heavy atom. The van der Waals surface area contributed by atoms with E-state index < -0.39 is 10.0 Å². The number of benzene rings is 1. The van der Waals surface area contributed by atoms with Crippen LogP contribution in [0.5, 0.6) is 0 Å². The fraction of sp³-hybridized carbons (Fsp3) is 0.400. The Morgan fingerprint density at radius 3 is 2.55 bits per heavy atom. The summed E-state index contributed by atoms with van der Waals surface area (Å²) in [4.78, 5) is 10.6. The zero-order valence-corrected chi connectivity index (χ0v) is 12.3. The monoisotopic (exact) mass is 293 g/mol. The highest BCUT2D eigenvalue weighted by molar-refractivity contribution is 7.89. The van der Waals surface area contributed by atoms with Gasteiger partial charge >= 0.3 is 0 Å². The molecule has 1 fully saturated rings. The van der Waals surface area contributed by atoms with Crippen molar-refractivity contribution in [2.75, 3.05) is 0 Å². The topological polar surface area (TPSA) is 63.2 Å². The second kappa shape index (κ2) is 6.33. The van der Waals surface area contributed by atoms with Crippen LogP contribution >= 0.6 is 0 Å². The molecule has 1 aliphatic carbocycles. The number of allylic oxidation sites excluding steroid dienone is 2. The first-order valence-corrected chi connectivity index (χ1v) is 8.20. The molecule has 20 heavy (non-hydrogen) atoms. The first-order valence-electron chi connectivity index (χ1n) is 6.72. The van der Waals surface area contributed by atoms with Crippen LogP contribution in [0, 0.1) is 12.8 Å². The highest BCUT2D eigenvalue weighted by Crippen LogP contribution is 2.27. The molecule has 1 saturated carbocycles. The molecule has 0 spiro atoms. The Bertz CT molecular complexity index is 590. The molecule has 0 radical (unpaired) electrons. The number of rotatable bonds is 5. The third-order valence-electron chi connectivity index (χ3n) is 3.59. The first-order chi connectivity index (χ1) is 9.51. The van der Waals surface area contributed by atoms with Crippen molar-refractivity contribution in [3.8, 4) is 0 Å². The van der Waals surface area contributed by atoms with E-state index in [9.17, 15) is 13.2 Å². The van der Waals surface area contributed by atoms with Gasteiger partial charge in [0, 0.05) is 6.04 Å². The van der Waals surface area contributed by atoms with Gasteiger partial charge in [0.2, 0.25) is 10.0 Å². The van der Waals surface area contributed by atoms with E-state index in [-0.39, 0.29) is 12.0 Å². The van der Waals surface area contributed by atoms with E-state index in [4.69, 9.17) is 0 Å². The summed E-state index contributed by atoms with van der Waals surface area (Å²) < 4.78 is 27.2. The Kier molecular flexibility index (Phi) is 4.73. The first kappa shape index (κ1) is 14.9. The van der Waals surface area contributed by atoms with Crippen LogP contribution in [-0.4, -0.2) is 20.7 Å². The van der Waals surface area contributed by atoms with Crippen LogP contribution in [0.1, 0.15) is 24.8 Å². The lowest BCUT2D eigenvalue weighted by molar-refractivity contribution is -0.104. The largest absolute Gasteiger partial charge is 0.299 e. The lowest BCUT2D eigenvalue weighted by atomic mass is 10.1. The number of carbonyl (C=O) groups is 1. The van der Waals surface area contributed by atoms with Crippen LogP contribution in [0.4, 0.5) is 0 Å². The molecule has 0 saturated heterocycles. The molecule has 2 atom stereocenters. The van der Waals surface area contributed by atoms with E-state index in [0.29, 0.717) is 4.90 Å². The van der Waals surface area contributed by atoms with E-state index in [0.717, 1.165) is 31.1 Å². The van der Waals surface area contributed by atoms with Crippen molar-refractivity contribution in [2.45, 2.75) is 37.1 Å². The van der Waals surface area contributed by atoms with Crippen molar-refractivity contribution in [1.29, 1.82) is 0 Å². The summed E-state index contributed by atoms with van der Waals surface area (Å²) in [6.07, 6.45) is 6.55. The summed E-state index contributed by atoms with van der Waals surface area (Å²) in [5, 5.41) is 0. The van der Waals surface area contributed by atoms with Crippen molar-refractivity contribution in [2.24, 2.45) is 5.92 Å². The Hall–Kier alpha value is -1.46. The standard InChI is InChI=1S/C15H19NO3S/c1-12-4-8-15(9-5-12)20(18,19)16-14-7-6-13(11-14)3-2-10-17/h2-5,8-10,13-14,16H,6-7,11H2,1H3/b3-2+. The van der Waals surface area contributed by atoms with Gasteiger partial charge in [0.1, 0.15) is 6.29 Å². The molecule has 1 aromatic rings. The molecule has 0 aromatic heterocycles. The summed E-state index contributed by atoms with van der Waals surface area (Å²) in [6, 6.07) is 6.77. The minimum absolute atomic E-state index is 0.0531. The van der Waals surface area contributed by atoms with Crippen LogP contribution in [-0.2, 0) is 14.8 Å². The zero-order valence-electron chi connectivity index (χ0n) is 11.5. The molecule has 0 bridgehead atoms.